The van der Waals surface area contributed by atoms with E-state index >= 15 is 0 Å². The number of halogens is 1. The first-order valence-corrected chi connectivity index (χ1v) is 10.6. The van der Waals surface area contributed by atoms with Crippen molar-refractivity contribution >= 4 is 51.5 Å². The molecule has 2 nitrogen and oxygen atoms in total. The van der Waals surface area contributed by atoms with Gasteiger partial charge in [0, 0.05) is 16.1 Å². The molecule has 0 aliphatic carbocycles. The van der Waals surface area contributed by atoms with Crippen LogP contribution in [0.1, 0.15) is 22.1 Å². The molecular formula is C19H17BrO2S2. The molecule has 0 saturated carbocycles. The largest absolute Gasteiger partial charge is 0.423 e. The Morgan fingerprint density at radius 2 is 1.79 bits per heavy atom. The minimum Gasteiger partial charge on any atom is -0.423 e. The maximum atomic E-state index is 12.2. The zero-order valence-corrected chi connectivity index (χ0v) is 16.2. The summed E-state index contributed by atoms with van der Waals surface area (Å²) in [7, 11) is 0. The SMILES string of the molecule is O=C(/C=C\c1ccc(Br)cc1)Oc1ccccc1C1SCCCS1. The van der Waals surface area contributed by atoms with E-state index in [4.69, 9.17) is 4.74 Å². The predicted molar refractivity (Wildman–Crippen MR) is 108 cm³/mol. The van der Waals surface area contributed by atoms with E-state index in [9.17, 15) is 4.79 Å². The van der Waals surface area contributed by atoms with Crippen molar-refractivity contribution in [2.24, 2.45) is 0 Å². The Balaban J connectivity index is 1.69. The van der Waals surface area contributed by atoms with Crippen LogP contribution in [-0.4, -0.2) is 17.5 Å². The second-order valence-electron chi connectivity index (χ2n) is 5.27. The van der Waals surface area contributed by atoms with Crippen LogP contribution >= 0.6 is 39.5 Å². The zero-order chi connectivity index (χ0) is 16.8. The minimum absolute atomic E-state index is 0.346. The van der Waals surface area contributed by atoms with Gasteiger partial charge in [0.1, 0.15) is 5.75 Å². The molecule has 0 amide bonds. The highest BCUT2D eigenvalue weighted by atomic mass is 79.9. The quantitative estimate of drug-likeness (QED) is 0.347. The standard InChI is InChI=1S/C19H17BrO2S2/c20-15-9-6-14(7-10-15)8-11-18(21)22-17-5-2-1-4-16(17)19-23-12-3-13-24-19/h1-2,4-11,19H,3,12-13H2/b11-8-. The van der Waals surface area contributed by atoms with E-state index in [1.54, 1.807) is 6.08 Å². The number of esters is 1. The molecular weight excluding hydrogens is 404 g/mol. The van der Waals surface area contributed by atoms with Gasteiger partial charge in [0.05, 0.1) is 4.58 Å². The number of thioether (sulfide) groups is 2. The van der Waals surface area contributed by atoms with Crippen LogP contribution in [0.3, 0.4) is 0 Å². The lowest BCUT2D eigenvalue weighted by atomic mass is 10.2. The highest BCUT2D eigenvalue weighted by molar-refractivity contribution is 9.10. The van der Waals surface area contributed by atoms with Crippen molar-refractivity contribution < 1.29 is 9.53 Å². The summed E-state index contributed by atoms with van der Waals surface area (Å²) in [5.74, 6) is 2.62. The minimum atomic E-state index is -0.351. The molecule has 1 fully saturated rings. The molecule has 1 aliphatic heterocycles. The van der Waals surface area contributed by atoms with E-state index in [1.165, 1.54) is 12.5 Å². The summed E-state index contributed by atoms with van der Waals surface area (Å²) >= 11 is 7.23. The fourth-order valence-corrected chi connectivity index (χ4v) is 5.52. The van der Waals surface area contributed by atoms with Crippen molar-refractivity contribution in [2.45, 2.75) is 11.0 Å². The Morgan fingerprint density at radius 1 is 1.08 bits per heavy atom. The monoisotopic (exact) mass is 420 g/mol. The number of rotatable bonds is 4. The first kappa shape index (κ1) is 17.6. The van der Waals surface area contributed by atoms with Gasteiger partial charge in [-0.2, -0.15) is 0 Å². The average molecular weight is 421 g/mol. The van der Waals surface area contributed by atoms with Crippen molar-refractivity contribution in [2.75, 3.05) is 11.5 Å². The van der Waals surface area contributed by atoms with Gasteiger partial charge in [0.25, 0.3) is 0 Å². The Bertz CT molecular complexity index is 722. The van der Waals surface area contributed by atoms with Gasteiger partial charge in [-0.25, -0.2) is 4.79 Å². The summed E-state index contributed by atoms with van der Waals surface area (Å²) in [6, 6.07) is 15.6. The van der Waals surface area contributed by atoms with Crippen LogP contribution in [0.2, 0.25) is 0 Å². The Morgan fingerprint density at radius 3 is 2.54 bits per heavy atom. The van der Waals surface area contributed by atoms with Crippen molar-refractivity contribution in [3.63, 3.8) is 0 Å². The van der Waals surface area contributed by atoms with Crippen LogP contribution in [0.5, 0.6) is 5.75 Å². The number of ether oxygens (including phenoxy) is 1. The fraction of sp³-hybridized carbons (Fsp3) is 0.211. The second kappa shape index (κ2) is 8.79. The lowest BCUT2D eigenvalue weighted by Gasteiger charge is -2.22. The van der Waals surface area contributed by atoms with Crippen LogP contribution in [0.15, 0.2) is 59.1 Å². The van der Waals surface area contributed by atoms with E-state index in [2.05, 4.69) is 22.0 Å². The second-order valence-corrected chi connectivity index (χ2v) is 8.91. The van der Waals surface area contributed by atoms with Crippen molar-refractivity contribution in [1.82, 2.24) is 0 Å². The van der Waals surface area contributed by atoms with E-state index in [0.717, 1.165) is 27.1 Å². The number of carbonyl (C=O) groups is 1. The Hall–Kier alpha value is -1.17. The van der Waals surface area contributed by atoms with Gasteiger partial charge in [-0.05, 0) is 47.8 Å². The maximum Gasteiger partial charge on any atom is 0.336 e. The highest BCUT2D eigenvalue weighted by Crippen LogP contribution is 2.46. The summed E-state index contributed by atoms with van der Waals surface area (Å²) < 4.78 is 6.94. The van der Waals surface area contributed by atoms with Crippen molar-refractivity contribution in [3.05, 3.63) is 70.2 Å². The molecule has 3 rings (SSSR count). The lowest BCUT2D eigenvalue weighted by molar-refractivity contribution is -0.128. The number of carbonyl (C=O) groups excluding carboxylic acids is 1. The van der Waals surface area contributed by atoms with E-state index in [0.29, 0.717) is 10.3 Å². The normalized spacial score (nSPS) is 15.5. The topological polar surface area (TPSA) is 26.3 Å². The molecule has 124 valence electrons. The Kier molecular flexibility index (Phi) is 6.46. The van der Waals surface area contributed by atoms with Gasteiger partial charge < -0.3 is 4.74 Å². The zero-order valence-electron chi connectivity index (χ0n) is 13.0. The maximum absolute atomic E-state index is 12.2. The van der Waals surface area contributed by atoms with Crippen LogP contribution in [-0.2, 0) is 4.79 Å². The smallest absolute Gasteiger partial charge is 0.336 e. The predicted octanol–water partition coefficient (Wildman–Crippen LogP) is 5.94. The summed E-state index contributed by atoms with van der Waals surface area (Å²) in [6.07, 6.45) is 4.48. The summed E-state index contributed by atoms with van der Waals surface area (Å²) in [5, 5.41) is 0. The third-order valence-electron chi connectivity index (χ3n) is 3.49. The van der Waals surface area contributed by atoms with Crippen LogP contribution in [0.4, 0.5) is 0 Å². The van der Waals surface area contributed by atoms with Crippen molar-refractivity contribution in [3.8, 4) is 5.75 Å². The first-order valence-electron chi connectivity index (χ1n) is 7.70. The van der Waals surface area contributed by atoms with Gasteiger partial charge in [-0.15, -0.1) is 23.5 Å². The summed E-state index contributed by atoms with van der Waals surface area (Å²) in [5.41, 5.74) is 2.06. The number of para-hydroxylation sites is 1. The van der Waals surface area contributed by atoms with Crippen molar-refractivity contribution in [1.29, 1.82) is 0 Å². The highest BCUT2D eigenvalue weighted by Gasteiger charge is 2.20. The summed E-state index contributed by atoms with van der Waals surface area (Å²) in [4.78, 5) is 12.2. The lowest BCUT2D eigenvalue weighted by Crippen LogP contribution is -2.08. The molecule has 1 saturated heterocycles. The molecule has 0 unspecified atom stereocenters. The number of benzene rings is 2. The van der Waals surface area contributed by atoms with E-state index in [1.807, 2.05) is 66.0 Å². The van der Waals surface area contributed by atoms with Gasteiger partial charge in [-0.1, -0.05) is 46.3 Å². The molecule has 0 radical (unpaired) electrons. The third-order valence-corrected chi connectivity index (χ3v) is 7.00. The van der Waals surface area contributed by atoms with Crippen LogP contribution in [0.25, 0.3) is 6.08 Å². The molecule has 2 aromatic carbocycles. The molecule has 2 aromatic rings. The molecule has 0 aromatic heterocycles. The van der Waals surface area contributed by atoms with Gasteiger partial charge in [-0.3, -0.25) is 0 Å². The molecule has 5 heteroatoms. The van der Waals surface area contributed by atoms with Gasteiger partial charge in [0.15, 0.2) is 0 Å². The number of hydrogen-bond acceptors (Lipinski definition) is 4. The molecule has 1 heterocycles. The van der Waals surface area contributed by atoms with E-state index in [-0.39, 0.29) is 5.97 Å². The van der Waals surface area contributed by atoms with Crippen LogP contribution < -0.4 is 4.74 Å². The molecule has 0 atom stereocenters. The molecule has 24 heavy (non-hydrogen) atoms. The average Bonchev–Trinajstić information content (AvgIpc) is 2.62. The molecule has 1 aliphatic rings. The van der Waals surface area contributed by atoms with Gasteiger partial charge >= 0.3 is 5.97 Å². The number of hydrogen-bond donors (Lipinski definition) is 0. The third kappa shape index (κ3) is 4.91. The fourth-order valence-electron chi connectivity index (χ4n) is 2.32. The summed E-state index contributed by atoms with van der Waals surface area (Å²) in [6.45, 7) is 0. The first-order chi connectivity index (χ1) is 11.7. The van der Waals surface area contributed by atoms with Crippen LogP contribution in [0, 0.1) is 0 Å². The molecule has 0 spiro atoms. The van der Waals surface area contributed by atoms with Gasteiger partial charge in [0.2, 0.25) is 0 Å². The Labute approximate surface area is 159 Å². The molecule has 0 bridgehead atoms. The van der Waals surface area contributed by atoms with E-state index < -0.39 is 0 Å². The molecule has 0 N–H and O–H groups in total.